The fraction of sp³-hybridized carbons (Fsp3) is 0.133. The molecule has 1 nitrogen and oxygen atoms in total. The molecule has 0 bridgehead atoms. The van der Waals surface area contributed by atoms with Crippen molar-refractivity contribution in [3.63, 3.8) is 0 Å². The van der Waals surface area contributed by atoms with Gasteiger partial charge in [-0.2, -0.15) is 0 Å². The van der Waals surface area contributed by atoms with E-state index >= 15 is 0 Å². The van der Waals surface area contributed by atoms with Gasteiger partial charge in [0.1, 0.15) is 17.5 Å². The molecule has 0 aliphatic carbocycles. The van der Waals surface area contributed by atoms with E-state index in [1.807, 2.05) is 0 Å². The minimum atomic E-state index is -0.904. The Bertz CT molecular complexity index is 615. The Labute approximate surface area is 108 Å². The summed E-state index contributed by atoms with van der Waals surface area (Å²) >= 11 is 0. The third-order valence-electron chi connectivity index (χ3n) is 2.90. The van der Waals surface area contributed by atoms with Crippen molar-refractivity contribution in [2.75, 3.05) is 0 Å². The van der Waals surface area contributed by atoms with Gasteiger partial charge in [-0.05, 0) is 42.3 Å². The van der Waals surface area contributed by atoms with Gasteiger partial charge in [0.2, 0.25) is 0 Å². The lowest BCUT2D eigenvalue weighted by atomic mass is 9.99. The van der Waals surface area contributed by atoms with Crippen LogP contribution in [-0.4, -0.2) is 5.78 Å². The van der Waals surface area contributed by atoms with Gasteiger partial charge in [0.15, 0.2) is 5.78 Å². The zero-order chi connectivity index (χ0) is 14.0. The van der Waals surface area contributed by atoms with E-state index < -0.39 is 28.8 Å². The molecule has 0 heterocycles. The molecule has 4 heteroatoms. The first-order valence-electron chi connectivity index (χ1n) is 5.71. The van der Waals surface area contributed by atoms with Gasteiger partial charge in [0.05, 0.1) is 5.56 Å². The van der Waals surface area contributed by atoms with Crippen molar-refractivity contribution in [3.8, 4) is 0 Å². The summed E-state index contributed by atoms with van der Waals surface area (Å²) in [6.45, 7) is 1.71. The monoisotopic (exact) mass is 264 g/mol. The molecule has 98 valence electrons. The van der Waals surface area contributed by atoms with Crippen LogP contribution in [0.4, 0.5) is 13.2 Å². The normalized spacial score (nSPS) is 10.5. The molecule has 0 aromatic heterocycles. The first-order chi connectivity index (χ1) is 8.99. The summed E-state index contributed by atoms with van der Waals surface area (Å²) in [5.74, 6) is -3.00. The number of hydrogen-bond donors (Lipinski definition) is 0. The van der Waals surface area contributed by atoms with Crippen molar-refractivity contribution in [2.45, 2.75) is 13.3 Å². The van der Waals surface area contributed by atoms with Crippen molar-refractivity contribution in [1.82, 2.24) is 0 Å². The number of carbonyl (C=O) groups excluding carboxylic acids is 1. The standard InChI is InChI=1S/C15H11F3O/c1-9-5-6-11(16)7-10(9)8-14(19)15-12(17)3-2-4-13(15)18/h2-7H,8H2,1H3. The second kappa shape index (κ2) is 5.26. The molecular formula is C15H11F3O. The Kier molecular flexibility index (Phi) is 3.69. The van der Waals surface area contributed by atoms with Crippen LogP contribution >= 0.6 is 0 Å². The Morgan fingerprint density at radius 1 is 1.05 bits per heavy atom. The van der Waals surface area contributed by atoms with Crippen molar-refractivity contribution < 1.29 is 18.0 Å². The molecule has 0 fully saturated rings. The quantitative estimate of drug-likeness (QED) is 0.770. The van der Waals surface area contributed by atoms with E-state index in [-0.39, 0.29) is 6.42 Å². The summed E-state index contributed by atoms with van der Waals surface area (Å²) in [4.78, 5) is 11.9. The van der Waals surface area contributed by atoms with Gasteiger partial charge in [-0.15, -0.1) is 0 Å². The molecule has 2 aromatic rings. The average molecular weight is 264 g/mol. The molecule has 2 aromatic carbocycles. The van der Waals surface area contributed by atoms with Crippen LogP contribution in [0, 0.1) is 24.4 Å². The molecule has 19 heavy (non-hydrogen) atoms. The van der Waals surface area contributed by atoms with Crippen LogP contribution in [0.2, 0.25) is 0 Å². The Morgan fingerprint density at radius 3 is 2.32 bits per heavy atom. The lowest BCUT2D eigenvalue weighted by molar-refractivity contribution is 0.0984. The molecule has 0 radical (unpaired) electrons. The Hall–Kier alpha value is -2.10. The van der Waals surface area contributed by atoms with E-state index in [1.54, 1.807) is 6.92 Å². The smallest absolute Gasteiger partial charge is 0.173 e. The Balaban J connectivity index is 2.34. The zero-order valence-corrected chi connectivity index (χ0v) is 10.2. The predicted molar refractivity (Wildman–Crippen MR) is 65.5 cm³/mol. The first-order valence-corrected chi connectivity index (χ1v) is 5.71. The van der Waals surface area contributed by atoms with Gasteiger partial charge < -0.3 is 0 Å². The van der Waals surface area contributed by atoms with Crippen LogP contribution in [0.5, 0.6) is 0 Å². The maximum absolute atomic E-state index is 13.4. The molecule has 0 spiro atoms. The molecule has 0 atom stereocenters. The molecule has 0 saturated heterocycles. The summed E-state index contributed by atoms with van der Waals surface area (Å²) in [6, 6.07) is 7.23. The summed E-state index contributed by atoms with van der Waals surface area (Å²) in [6.07, 6.45) is -0.235. The van der Waals surface area contributed by atoms with Gasteiger partial charge in [0.25, 0.3) is 0 Å². The topological polar surface area (TPSA) is 17.1 Å². The van der Waals surface area contributed by atoms with Crippen LogP contribution in [-0.2, 0) is 6.42 Å². The third kappa shape index (κ3) is 2.84. The average Bonchev–Trinajstić information content (AvgIpc) is 2.33. The van der Waals surface area contributed by atoms with E-state index in [0.717, 1.165) is 12.1 Å². The SMILES string of the molecule is Cc1ccc(F)cc1CC(=O)c1c(F)cccc1F. The fourth-order valence-electron chi connectivity index (χ4n) is 1.86. The molecule has 0 N–H and O–H groups in total. The fourth-order valence-corrected chi connectivity index (χ4v) is 1.86. The summed E-state index contributed by atoms with van der Waals surface area (Å²) in [7, 11) is 0. The van der Waals surface area contributed by atoms with Crippen LogP contribution in [0.15, 0.2) is 36.4 Å². The van der Waals surface area contributed by atoms with Gasteiger partial charge >= 0.3 is 0 Å². The summed E-state index contributed by atoms with van der Waals surface area (Å²) in [5.41, 5.74) is 0.547. The highest BCUT2D eigenvalue weighted by atomic mass is 19.1. The molecule has 0 amide bonds. The largest absolute Gasteiger partial charge is 0.294 e. The number of halogens is 3. The highest BCUT2D eigenvalue weighted by molar-refractivity contribution is 5.98. The second-order valence-corrected chi connectivity index (χ2v) is 4.27. The van der Waals surface area contributed by atoms with E-state index in [1.165, 1.54) is 24.3 Å². The maximum Gasteiger partial charge on any atom is 0.173 e. The van der Waals surface area contributed by atoms with Crippen molar-refractivity contribution in [2.24, 2.45) is 0 Å². The van der Waals surface area contributed by atoms with Crippen molar-refractivity contribution in [3.05, 3.63) is 70.5 Å². The minimum absolute atomic E-state index is 0.235. The molecule has 0 aliphatic heterocycles. The summed E-state index contributed by atoms with van der Waals surface area (Å²) in [5, 5.41) is 0. The lowest BCUT2D eigenvalue weighted by Gasteiger charge is -2.07. The van der Waals surface area contributed by atoms with Gasteiger partial charge in [-0.1, -0.05) is 12.1 Å². The van der Waals surface area contributed by atoms with Crippen LogP contribution in [0.1, 0.15) is 21.5 Å². The number of Topliss-reactive ketones (excluding diaryl/α,β-unsaturated/α-hetero) is 1. The van der Waals surface area contributed by atoms with E-state index in [2.05, 4.69) is 0 Å². The second-order valence-electron chi connectivity index (χ2n) is 4.27. The molecule has 0 aliphatic rings. The van der Waals surface area contributed by atoms with E-state index in [9.17, 15) is 18.0 Å². The number of aryl methyl sites for hydroxylation is 1. The first kappa shape index (κ1) is 13.3. The third-order valence-corrected chi connectivity index (χ3v) is 2.90. The van der Waals surface area contributed by atoms with Gasteiger partial charge in [-0.25, -0.2) is 13.2 Å². The molecule has 0 unspecified atom stereocenters. The number of rotatable bonds is 3. The van der Waals surface area contributed by atoms with Crippen molar-refractivity contribution >= 4 is 5.78 Å². The number of carbonyl (C=O) groups is 1. The predicted octanol–water partition coefficient (Wildman–Crippen LogP) is 3.84. The molecule has 0 saturated carbocycles. The lowest BCUT2D eigenvalue weighted by Crippen LogP contribution is -2.10. The van der Waals surface area contributed by atoms with Crippen LogP contribution < -0.4 is 0 Å². The van der Waals surface area contributed by atoms with Crippen molar-refractivity contribution in [1.29, 1.82) is 0 Å². The van der Waals surface area contributed by atoms with Crippen LogP contribution in [0.3, 0.4) is 0 Å². The maximum atomic E-state index is 13.4. The zero-order valence-electron chi connectivity index (χ0n) is 10.2. The molecule has 2 rings (SSSR count). The van der Waals surface area contributed by atoms with Crippen LogP contribution in [0.25, 0.3) is 0 Å². The number of benzene rings is 2. The van der Waals surface area contributed by atoms with Gasteiger partial charge in [0, 0.05) is 6.42 Å². The van der Waals surface area contributed by atoms with Gasteiger partial charge in [-0.3, -0.25) is 4.79 Å². The molecular weight excluding hydrogens is 253 g/mol. The van der Waals surface area contributed by atoms with E-state index in [4.69, 9.17) is 0 Å². The number of ketones is 1. The number of hydrogen-bond acceptors (Lipinski definition) is 1. The Morgan fingerprint density at radius 2 is 1.68 bits per heavy atom. The summed E-state index contributed by atoms with van der Waals surface area (Å²) < 4.78 is 40.0. The minimum Gasteiger partial charge on any atom is -0.294 e. The van der Waals surface area contributed by atoms with E-state index in [0.29, 0.717) is 11.1 Å². The highest BCUT2D eigenvalue weighted by Crippen LogP contribution is 2.17. The highest BCUT2D eigenvalue weighted by Gasteiger charge is 2.18.